The predicted octanol–water partition coefficient (Wildman–Crippen LogP) is 4.78. The molecule has 1 heterocycles. The van der Waals surface area contributed by atoms with Gasteiger partial charge in [0.2, 0.25) is 5.96 Å². The van der Waals surface area contributed by atoms with E-state index < -0.39 is 0 Å². The highest BCUT2D eigenvalue weighted by Crippen LogP contribution is 2.25. The Labute approximate surface area is 156 Å². The average molecular weight is 365 g/mol. The van der Waals surface area contributed by atoms with Gasteiger partial charge in [-0.25, -0.2) is 4.79 Å². The number of rotatable bonds is 2. The van der Waals surface area contributed by atoms with Gasteiger partial charge in [0.1, 0.15) is 0 Å². The monoisotopic (exact) mass is 364 g/mol. The lowest BCUT2D eigenvalue weighted by molar-refractivity contribution is 0.236. The predicted molar refractivity (Wildman–Crippen MR) is 106 cm³/mol. The molecule has 2 amide bonds. The molecule has 0 saturated carbocycles. The summed E-state index contributed by atoms with van der Waals surface area (Å²) in [5.74, 6) is 0.157. The van der Waals surface area contributed by atoms with Gasteiger partial charge < -0.3 is 10.2 Å². The number of hydrogen-bond donors (Lipinski definition) is 2. The van der Waals surface area contributed by atoms with E-state index in [9.17, 15) is 4.79 Å². The Kier molecular flexibility index (Phi) is 4.22. The third-order valence-corrected chi connectivity index (χ3v) is 4.73. The minimum Gasteiger partial charge on any atom is -0.311 e. The van der Waals surface area contributed by atoms with Gasteiger partial charge in [-0.15, -0.1) is 0 Å². The van der Waals surface area contributed by atoms with E-state index in [4.69, 9.17) is 17.0 Å². The fourth-order valence-corrected chi connectivity index (χ4v) is 3.27. The Morgan fingerprint density at radius 3 is 2.50 bits per heavy atom. The summed E-state index contributed by atoms with van der Waals surface area (Å²) < 4.78 is 0. The van der Waals surface area contributed by atoms with Crippen LogP contribution in [-0.4, -0.2) is 30.0 Å². The lowest BCUT2D eigenvalue weighted by atomic mass is 10.1. The summed E-state index contributed by atoms with van der Waals surface area (Å²) in [7, 11) is 0. The Balaban J connectivity index is 1.53. The van der Waals surface area contributed by atoms with Gasteiger partial charge in [-0.05, 0) is 35.7 Å². The van der Waals surface area contributed by atoms with E-state index in [1.54, 1.807) is 17.0 Å². The van der Waals surface area contributed by atoms with E-state index in [1.807, 2.05) is 54.6 Å². The zero-order valence-electron chi connectivity index (χ0n) is 13.9. The zero-order valence-corrected chi connectivity index (χ0v) is 14.7. The highest BCUT2D eigenvalue weighted by atomic mass is 35.5. The van der Waals surface area contributed by atoms with Crippen molar-refractivity contribution in [3.63, 3.8) is 0 Å². The number of nitrogens with one attached hydrogen (secondary N) is 2. The Bertz CT molecular complexity index is 981. The van der Waals surface area contributed by atoms with Gasteiger partial charge in [0.15, 0.2) is 0 Å². The van der Waals surface area contributed by atoms with Gasteiger partial charge in [0.25, 0.3) is 0 Å². The van der Waals surface area contributed by atoms with Gasteiger partial charge in [-0.3, -0.25) is 10.3 Å². The first kappa shape index (κ1) is 16.4. The van der Waals surface area contributed by atoms with Crippen molar-refractivity contribution in [2.75, 3.05) is 23.3 Å². The molecule has 3 aromatic rings. The number of nitrogens with zero attached hydrogens (tertiary/aromatic N) is 2. The maximum Gasteiger partial charge on any atom is 0.328 e. The van der Waals surface area contributed by atoms with Crippen molar-refractivity contribution in [2.45, 2.75) is 0 Å². The van der Waals surface area contributed by atoms with Gasteiger partial charge >= 0.3 is 6.03 Å². The van der Waals surface area contributed by atoms with Gasteiger partial charge in [-0.1, -0.05) is 48.0 Å². The number of urea groups is 1. The highest BCUT2D eigenvalue weighted by Gasteiger charge is 2.31. The number of carbonyl (C=O) groups excluding carboxylic acids is 1. The molecule has 1 aliphatic rings. The van der Waals surface area contributed by atoms with E-state index >= 15 is 0 Å². The van der Waals surface area contributed by atoms with E-state index in [0.29, 0.717) is 18.1 Å². The van der Waals surface area contributed by atoms with Gasteiger partial charge in [-0.2, -0.15) is 0 Å². The Morgan fingerprint density at radius 1 is 0.962 bits per heavy atom. The third-order valence-electron chi connectivity index (χ3n) is 4.47. The molecule has 1 saturated heterocycles. The number of anilines is 2. The average Bonchev–Trinajstić information content (AvgIpc) is 3.04. The van der Waals surface area contributed by atoms with Crippen molar-refractivity contribution in [3.05, 3.63) is 71.8 Å². The Morgan fingerprint density at radius 2 is 1.69 bits per heavy atom. The molecule has 0 spiro atoms. The number of amides is 2. The number of fused-ring (bicyclic) bond motifs is 1. The maximum atomic E-state index is 12.7. The summed E-state index contributed by atoms with van der Waals surface area (Å²) >= 11 is 5.93. The summed E-state index contributed by atoms with van der Waals surface area (Å²) in [6.07, 6.45) is 0. The zero-order chi connectivity index (χ0) is 18.1. The SMILES string of the molecule is N=C1N(C(=O)Nc2cccc3ccccc23)CCN1c1ccc(Cl)cc1. The molecular weight excluding hydrogens is 348 g/mol. The molecule has 3 aromatic carbocycles. The summed E-state index contributed by atoms with van der Waals surface area (Å²) in [6.45, 7) is 1.03. The normalized spacial score (nSPS) is 14.1. The van der Waals surface area contributed by atoms with Crippen molar-refractivity contribution in [1.29, 1.82) is 5.41 Å². The van der Waals surface area contributed by atoms with E-state index in [0.717, 1.165) is 22.1 Å². The smallest absolute Gasteiger partial charge is 0.311 e. The fraction of sp³-hybridized carbons (Fsp3) is 0.100. The topological polar surface area (TPSA) is 59.4 Å². The van der Waals surface area contributed by atoms with Crippen LogP contribution in [0.15, 0.2) is 66.7 Å². The molecule has 0 radical (unpaired) electrons. The van der Waals surface area contributed by atoms with Crippen molar-refractivity contribution < 1.29 is 4.79 Å². The van der Waals surface area contributed by atoms with E-state index in [1.165, 1.54) is 4.90 Å². The number of benzene rings is 3. The van der Waals surface area contributed by atoms with Crippen LogP contribution in [0.3, 0.4) is 0 Å². The van der Waals surface area contributed by atoms with Crippen LogP contribution in [0.25, 0.3) is 10.8 Å². The summed E-state index contributed by atoms with van der Waals surface area (Å²) in [5, 5.41) is 14.0. The molecule has 130 valence electrons. The van der Waals surface area contributed by atoms with E-state index in [2.05, 4.69) is 5.32 Å². The van der Waals surface area contributed by atoms with Crippen LogP contribution < -0.4 is 10.2 Å². The largest absolute Gasteiger partial charge is 0.328 e. The van der Waals surface area contributed by atoms with Crippen LogP contribution in [0, 0.1) is 5.41 Å². The summed E-state index contributed by atoms with van der Waals surface area (Å²) in [5.41, 5.74) is 1.59. The molecule has 6 heteroatoms. The number of halogens is 1. The van der Waals surface area contributed by atoms with E-state index in [-0.39, 0.29) is 12.0 Å². The molecule has 5 nitrogen and oxygen atoms in total. The standard InChI is InChI=1S/C20H17ClN4O/c21-15-8-10-16(11-9-15)24-12-13-25(19(24)22)20(26)23-18-7-3-5-14-4-1-2-6-17(14)18/h1-11,22H,12-13H2,(H,23,26). The lowest BCUT2D eigenvalue weighted by Gasteiger charge is -2.21. The Hall–Kier alpha value is -3.05. The summed E-state index contributed by atoms with van der Waals surface area (Å²) in [6, 6.07) is 20.6. The fourth-order valence-electron chi connectivity index (χ4n) is 3.14. The third kappa shape index (κ3) is 2.97. The van der Waals surface area contributed by atoms with Crippen molar-refractivity contribution >= 4 is 45.7 Å². The molecule has 0 bridgehead atoms. The van der Waals surface area contributed by atoms with Crippen LogP contribution in [-0.2, 0) is 0 Å². The number of carbonyl (C=O) groups is 1. The van der Waals surface area contributed by atoms with Crippen LogP contribution in [0.2, 0.25) is 5.02 Å². The maximum absolute atomic E-state index is 12.7. The van der Waals surface area contributed by atoms with Crippen LogP contribution in [0.5, 0.6) is 0 Å². The van der Waals surface area contributed by atoms with Crippen molar-refractivity contribution in [1.82, 2.24) is 4.90 Å². The molecule has 0 atom stereocenters. The molecule has 0 aliphatic carbocycles. The first-order chi connectivity index (χ1) is 12.6. The van der Waals surface area contributed by atoms with Crippen LogP contribution >= 0.6 is 11.6 Å². The summed E-state index contributed by atoms with van der Waals surface area (Å²) in [4.78, 5) is 16.0. The number of guanidine groups is 1. The molecular formula is C20H17ClN4O. The van der Waals surface area contributed by atoms with Crippen LogP contribution in [0.4, 0.5) is 16.2 Å². The lowest BCUT2D eigenvalue weighted by Crippen LogP contribution is -2.39. The quantitative estimate of drug-likeness (QED) is 0.687. The van der Waals surface area contributed by atoms with Crippen molar-refractivity contribution in [3.8, 4) is 0 Å². The first-order valence-corrected chi connectivity index (χ1v) is 8.69. The molecule has 4 rings (SSSR count). The minimum atomic E-state index is -0.303. The second kappa shape index (κ2) is 6.69. The second-order valence-corrected chi connectivity index (χ2v) is 6.50. The molecule has 26 heavy (non-hydrogen) atoms. The second-order valence-electron chi connectivity index (χ2n) is 6.06. The minimum absolute atomic E-state index is 0.157. The molecule has 1 fully saturated rings. The number of hydrogen-bond acceptors (Lipinski definition) is 2. The molecule has 0 aromatic heterocycles. The molecule has 1 aliphatic heterocycles. The van der Waals surface area contributed by atoms with Gasteiger partial charge in [0.05, 0.1) is 5.69 Å². The van der Waals surface area contributed by atoms with Crippen molar-refractivity contribution in [2.24, 2.45) is 0 Å². The molecule has 2 N–H and O–H groups in total. The van der Waals surface area contributed by atoms with Crippen LogP contribution in [0.1, 0.15) is 0 Å². The first-order valence-electron chi connectivity index (χ1n) is 8.31. The molecule has 0 unspecified atom stereocenters. The van der Waals surface area contributed by atoms with Gasteiger partial charge in [0, 0.05) is 29.2 Å². The highest BCUT2D eigenvalue weighted by molar-refractivity contribution is 6.30.